The molecule has 0 unspecified atom stereocenters. The van der Waals surface area contributed by atoms with Crippen LogP contribution in [0.25, 0.3) is 0 Å². The predicted octanol–water partition coefficient (Wildman–Crippen LogP) is 0.514. The number of thioether (sulfide) groups is 1. The first-order valence-electron chi connectivity index (χ1n) is 7.45. The first-order chi connectivity index (χ1) is 11.1. The number of esters is 1. The molecule has 2 fully saturated rings. The third-order valence-corrected chi connectivity index (χ3v) is 5.37. The molecule has 0 aromatic heterocycles. The number of amides is 2. The lowest BCUT2D eigenvalue weighted by atomic mass is 10.1. The average molecular weight is 334 g/mol. The number of hydrogen-bond donors (Lipinski definition) is 0. The van der Waals surface area contributed by atoms with Crippen LogP contribution in [0, 0.1) is 0 Å². The van der Waals surface area contributed by atoms with Crippen LogP contribution >= 0.6 is 11.8 Å². The van der Waals surface area contributed by atoms with Crippen molar-refractivity contribution in [3.8, 4) is 0 Å². The third-order valence-electron chi connectivity index (χ3n) is 4.13. The topological polar surface area (TPSA) is 66.9 Å². The van der Waals surface area contributed by atoms with E-state index in [1.807, 2.05) is 30.3 Å². The first-order valence-corrected chi connectivity index (χ1v) is 8.50. The van der Waals surface area contributed by atoms with Gasteiger partial charge in [0.1, 0.15) is 6.04 Å². The molecule has 0 N–H and O–H groups in total. The van der Waals surface area contributed by atoms with Gasteiger partial charge < -0.3 is 14.5 Å². The summed E-state index contributed by atoms with van der Waals surface area (Å²) in [5, 5.41) is -0.697. The normalized spacial score (nSPS) is 23.9. The summed E-state index contributed by atoms with van der Waals surface area (Å²) in [4.78, 5) is 39.7. The minimum atomic E-state index is -0.697. The van der Waals surface area contributed by atoms with Gasteiger partial charge in [-0.25, -0.2) is 4.79 Å². The SMILES string of the molecule is COC(=O)[C@H]1SC[C@H]2C(=O)N(CCc3ccccc3)CC(=O)N12. The molecule has 2 saturated heterocycles. The Morgan fingerprint density at radius 2 is 2.04 bits per heavy atom. The maximum Gasteiger partial charge on any atom is 0.339 e. The maximum absolute atomic E-state index is 12.6. The molecular weight excluding hydrogens is 316 g/mol. The Morgan fingerprint density at radius 1 is 1.30 bits per heavy atom. The minimum Gasteiger partial charge on any atom is -0.467 e. The second kappa shape index (κ2) is 6.62. The molecule has 2 atom stereocenters. The largest absolute Gasteiger partial charge is 0.467 e. The number of benzene rings is 1. The number of rotatable bonds is 4. The predicted molar refractivity (Wildman–Crippen MR) is 85.6 cm³/mol. The number of piperazine rings is 1. The summed E-state index contributed by atoms with van der Waals surface area (Å²) in [5.41, 5.74) is 1.13. The van der Waals surface area contributed by atoms with Crippen molar-refractivity contribution in [2.75, 3.05) is 26.0 Å². The van der Waals surface area contributed by atoms with Crippen molar-refractivity contribution in [1.29, 1.82) is 0 Å². The molecule has 0 saturated carbocycles. The highest BCUT2D eigenvalue weighted by Crippen LogP contribution is 2.33. The number of methoxy groups -OCH3 is 1. The molecule has 0 spiro atoms. The second-order valence-electron chi connectivity index (χ2n) is 5.52. The van der Waals surface area contributed by atoms with E-state index < -0.39 is 17.4 Å². The monoisotopic (exact) mass is 334 g/mol. The highest BCUT2D eigenvalue weighted by Gasteiger charge is 2.50. The van der Waals surface area contributed by atoms with E-state index in [0.717, 1.165) is 5.56 Å². The molecule has 0 bridgehead atoms. The van der Waals surface area contributed by atoms with Crippen molar-refractivity contribution in [1.82, 2.24) is 9.80 Å². The summed E-state index contributed by atoms with van der Waals surface area (Å²) in [6, 6.07) is 9.30. The average Bonchev–Trinajstić information content (AvgIpc) is 3.03. The summed E-state index contributed by atoms with van der Waals surface area (Å²) in [6.45, 7) is 0.530. The Hall–Kier alpha value is -2.02. The molecule has 0 radical (unpaired) electrons. The molecule has 2 heterocycles. The smallest absolute Gasteiger partial charge is 0.339 e. The fourth-order valence-corrected chi connectivity index (χ4v) is 4.24. The van der Waals surface area contributed by atoms with Crippen LogP contribution in [0.15, 0.2) is 30.3 Å². The van der Waals surface area contributed by atoms with Gasteiger partial charge in [0.15, 0.2) is 5.37 Å². The maximum atomic E-state index is 12.6. The van der Waals surface area contributed by atoms with E-state index in [-0.39, 0.29) is 18.4 Å². The molecule has 1 aromatic carbocycles. The van der Waals surface area contributed by atoms with E-state index in [1.165, 1.54) is 23.8 Å². The quantitative estimate of drug-likeness (QED) is 0.751. The van der Waals surface area contributed by atoms with Crippen molar-refractivity contribution in [3.63, 3.8) is 0 Å². The summed E-state index contributed by atoms with van der Waals surface area (Å²) < 4.78 is 4.72. The zero-order valence-electron chi connectivity index (χ0n) is 12.8. The Labute approximate surface area is 138 Å². The summed E-state index contributed by atoms with van der Waals surface area (Å²) in [7, 11) is 1.29. The lowest BCUT2D eigenvalue weighted by Crippen LogP contribution is -2.61. The molecule has 2 aliphatic heterocycles. The van der Waals surface area contributed by atoms with E-state index in [1.54, 1.807) is 4.90 Å². The van der Waals surface area contributed by atoms with Crippen LogP contribution in [-0.4, -0.2) is 65.0 Å². The van der Waals surface area contributed by atoms with Crippen molar-refractivity contribution in [2.24, 2.45) is 0 Å². The molecule has 3 rings (SSSR count). The van der Waals surface area contributed by atoms with E-state index in [4.69, 9.17) is 4.74 Å². The fourth-order valence-electron chi connectivity index (χ4n) is 2.92. The van der Waals surface area contributed by atoms with Crippen molar-refractivity contribution in [3.05, 3.63) is 35.9 Å². The van der Waals surface area contributed by atoms with Crippen LogP contribution in [0.1, 0.15) is 5.56 Å². The van der Waals surface area contributed by atoms with Crippen LogP contribution in [0.5, 0.6) is 0 Å². The van der Waals surface area contributed by atoms with Crippen LogP contribution in [-0.2, 0) is 25.5 Å². The Balaban J connectivity index is 1.68. The van der Waals surface area contributed by atoms with Gasteiger partial charge >= 0.3 is 5.97 Å². The molecule has 7 heteroatoms. The Morgan fingerprint density at radius 3 is 2.74 bits per heavy atom. The van der Waals surface area contributed by atoms with Gasteiger partial charge in [0.2, 0.25) is 11.8 Å². The Kier molecular flexibility index (Phi) is 4.56. The lowest BCUT2D eigenvalue weighted by molar-refractivity contribution is -0.159. The molecule has 2 aliphatic rings. The van der Waals surface area contributed by atoms with Crippen molar-refractivity contribution in [2.45, 2.75) is 17.8 Å². The summed E-state index contributed by atoms with van der Waals surface area (Å²) >= 11 is 1.29. The van der Waals surface area contributed by atoms with Gasteiger partial charge in [-0.05, 0) is 12.0 Å². The zero-order chi connectivity index (χ0) is 16.4. The molecule has 6 nitrogen and oxygen atoms in total. The van der Waals surface area contributed by atoms with E-state index in [2.05, 4.69) is 0 Å². The molecule has 2 amide bonds. The van der Waals surface area contributed by atoms with Crippen molar-refractivity contribution >= 4 is 29.5 Å². The number of fused-ring (bicyclic) bond motifs is 1. The molecule has 1 aromatic rings. The Bertz CT molecular complexity index is 622. The first kappa shape index (κ1) is 15.9. The molecular formula is C16H18N2O4S. The van der Waals surface area contributed by atoms with Crippen LogP contribution in [0.3, 0.4) is 0 Å². The highest BCUT2D eigenvalue weighted by atomic mass is 32.2. The van der Waals surface area contributed by atoms with Gasteiger partial charge in [-0.3, -0.25) is 9.59 Å². The van der Waals surface area contributed by atoms with Crippen LogP contribution in [0.4, 0.5) is 0 Å². The third kappa shape index (κ3) is 3.06. The summed E-state index contributed by atoms with van der Waals surface area (Å²) in [5.74, 6) is -0.314. The van der Waals surface area contributed by atoms with Crippen molar-refractivity contribution < 1.29 is 19.1 Å². The molecule has 23 heavy (non-hydrogen) atoms. The standard InChI is InChI=1S/C16H18N2O4S/c1-22-16(21)15-18-12(10-23-15)14(20)17(9-13(18)19)8-7-11-5-3-2-4-6-11/h2-6,12,15H,7-10H2,1H3/t12-,15+/m0/s1. The summed E-state index contributed by atoms with van der Waals surface area (Å²) in [6.07, 6.45) is 0.708. The van der Waals surface area contributed by atoms with E-state index in [0.29, 0.717) is 18.7 Å². The van der Waals surface area contributed by atoms with E-state index >= 15 is 0 Å². The fraction of sp³-hybridized carbons (Fsp3) is 0.438. The lowest BCUT2D eigenvalue weighted by Gasteiger charge is -2.37. The number of ether oxygens (including phenoxy) is 1. The minimum absolute atomic E-state index is 0.0240. The van der Waals surface area contributed by atoms with Crippen LogP contribution < -0.4 is 0 Å². The van der Waals surface area contributed by atoms with Gasteiger partial charge in [-0.1, -0.05) is 30.3 Å². The molecule has 0 aliphatic carbocycles. The number of nitrogens with zero attached hydrogens (tertiary/aromatic N) is 2. The number of carbonyl (C=O) groups excluding carboxylic acids is 3. The van der Waals surface area contributed by atoms with E-state index in [9.17, 15) is 14.4 Å². The zero-order valence-corrected chi connectivity index (χ0v) is 13.6. The van der Waals surface area contributed by atoms with Gasteiger partial charge in [-0.2, -0.15) is 0 Å². The number of carbonyl (C=O) groups is 3. The number of hydrogen-bond acceptors (Lipinski definition) is 5. The second-order valence-corrected chi connectivity index (χ2v) is 6.63. The molecule has 122 valence electrons. The van der Waals surface area contributed by atoms with Gasteiger partial charge in [-0.15, -0.1) is 11.8 Å². The van der Waals surface area contributed by atoms with Gasteiger partial charge in [0, 0.05) is 12.3 Å². The van der Waals surface area contributed by atoms with Crippen LogP contribution in [0.2, 0.25) is 0 Å². The van der Waals surface area contributed by atoms with Gasteiger partial charge in [0.05, 0.1) is 13.7 Å². The van der Waals surface area contributed by atoms with Gasteiger partial charge in [0.25, 0.3) is 0 Å². The highest BCUT2D eigenvalue weighted by molar-refractivity contribution is 8.00.